The van der Waals surface area contributed by atoms with Crippen molar-refractivity contribution in [3.63, 3.8) is 0 Å². The van der Waals surface area contributed by atoms with Crippen molar-refractivity contribution in [3.8, 4) is 5.75 Å². The number of anilines is 1. The molecule has 1 amide bonds. The molecule has 0 spiro atoms. The van der Waals surface area contributed by atoms with E-state index in [4.69, 9.17) is 4.74 Å². The Morgan fingerprint density at radius 1 is 1.09 bits per heavy atom. The molecular weight excluding hydrogens is 276 g/mol. The Balaban J connectivity index is 1.79. The van der Waals surface area contributed by atoms with Crippen LogP contribution < -0.4 is 15.4 Å². The number of likely N-dealkylation sites (N-methyl/N-ethyl adjacent to an activating group) is 1. The number of ether oxygens (including phenoxy) is 1. The van der Waals surface area contributed by atoms with Crippen LogP contribution in [0.2, 0.25) is 0 Å². The van der Waals surface area contributed by atoms with E-state index in [1.807, 2.05) is 49.4 Å². The average molecular weight is 298 g/mol. The molecule has 2 rings (SSSR count). The van der Waals surface area contributed by atoms with Crippen LogP contribution in [0.4, 0.5) is 5.69 Å². The van der Waals surface area contributed by atoms with Gasteiger partial charge in [0, 0.05) is 24.7 Å². The third-order valence-corrected chi connectivity index (χ3v) is 3.16. The predicted octanol–water partition coefficient (Wildman–Crippen LogP) is 2.86. The van der Waals surface area contributed by atoms with Gasteiger partial charge < -0.3 is 15.4 Å². The first-order chi connectivity index (χ1) is 10.8. The number of benzene rings is 2. The van der Waals surface area contributed by atoms with Gasteiger partial charge in [-0.15, -0.1) is 0 Å². The second kappa shape index (κ2) is 8.72. The van der Waals surface area contributed by atoms with Crippen molar-refractivity contribution in [2.75, 3.05) is 25.0 Å². The Kier molecular flexibility index (Phi) is 6.30. The summed E-state index contributed by atoms with van der Waals surface area (Å²) < 4.78 is 5.76. The maximum atomic E-state index is 11.4. The maximum absolute atomic E-state index is 11.4. The number of amides is 1. The molecule has 0 aliphatic heterocycles. The Labute approximate surface area is 131 Å². The fourth-order valence-corrected chi connectivity index (χ4v) is 2.07. The van der Waals surface area contributed by atoms with Gasteiger partial charge >= 0.3 is 0 Å². The van der Waals surface area contributed by atoms with Crippen LogP contribution in [0.3, 0.4) is 0 Å². The number of carbonyl (C=O) groups is 1. The van der Waals surface area contributed by atoms with Crippen molar-refractivity contribution < 1.29 is 9.53 Å². The zero-order valence-corrected chi connectivity index (χ0v) is 12.8. The summed E-state index contributed by atoms with van der Waals surface area (Å²) in [4.78, 5) is 11.4. The van der Waals surface area contributed by atoms with Crippen molar-refractivity contribution in [1.82, 2.24) is 5.32 Å². The standard InChI is InChI=1S/C18H22N2O2/c1-2-19-18(21)14-20-16-9-6-10-17(13-16)22-12-11-15-7-4-3-5-8-15/h3-10,13,20H,2,11-12,14H2,1H3,(H,19,21). The lowest BCUT2D eigenvalue weighted by molar-refractivity contribution is -0.119. The topological polar surface area (TPSA) is 50.4 Å². The van der Waals surface area contributed by atoms with Crippen molar-refractivity contribution in [1.29, 1.82) is 0 Å². The molecule has 0 atom stereocenters. The van der Waals surface area contributed by atoms with E-state index in [1.54, 1.807) is 0 Å². The smallest absolute Gasteiger partial charge is 0.239 e. The molecule has 2 aromatic rings. The first-order valence-corrected chi connectivity index (χ1v) is 7.55. The van der Waals surface area contributed by atoms with Crippen molar-refractivity contribution in [3.05, 3.63) is 60.2 Å². The molecule has 0 unspecified atom stereocenters. The molecule has 22 heavy (non-hydrogen) atoms. The molecular formula is C18H22N2O2. The zero-order valence-electron chi connectivity index (χ0n) is 12.8. The van der Waals surface area contributed by atoms with E-state index in [1.165, 1.54) is 5.56 Å². The molecule has 0 fully saturated rings. The van der Waals surface area contributed by atoms with Gasteiger partial charge in [0.15, 0.2) is 0 Å². The van der Waals surface area contributed by atoms with Gasteiger partial charge in [-0.05, 0) is 24.6 Å². The first-order valence-electron chi connectivity index (χ1n) is 7.55. The summed E-state index contributed by atoms with van der Waals surface area (Å²) in [5, 5.41) is 5.84. The van der Waals surface area contributed by atoms with Gasteiger partial charge in [0.25, 0.3) is 0 Å². The molecule has 0 saturated heterocycles. The Morgan fingerprint density at radius 2 is 1.91 bits per heavy atom. The van der Waals surface area contributed by atoms with Crippen molar-refractivity contribution in [2.45, 2.75) is 13.3 Å². The molecule has 0 saturated carbocycles. The summed E-state index contributed by atoms with van der Waals surface area (Å²) in [6, 6.07) is 17.9. The van der Waals surface area contributed by atoms with Gasteiger partial charge in [-0.25, -0.2) is 0 Å². The van der Waals surface area contributed by atoms with Crippen LogP contribution in [0.15, 0.2) is 54.6 Å². The molecule has 2 aromatic carbocycles. The lowest BCUT2D eigenvalue weighted by Crippen LogP contribution is -2.29. The highest BCUT2D eigenvalue weighted by Gasteiger charge is 2.01. The average Bonchev–Trinajstić information content (AvgIpc) is 2.55. The zero-order chi connectivity index (χ0) is 15.6. The Hall–Kier alpha value is -2.49. The minimum absolute atomic E-state index is 0.0158. The molecule has 0 bridgehead atoms. The molecule has 4 heteroatoms. The first kappa shape index (κ1) is 15.9. The minimum atomic E-state index is -0.0158. The van der Waals surface area contributed by atoms with Gasteiger partial charge in [-0.2, -0.15) is 0 Å². The normalized spacial score (nSPS) is 10.0. The highest BCUT2D eigenvalue weighted by atomic mass is 16.5. The van der Waals surface area contributed by atoms with E-state index in [2.05, 4.69) is 22.8 Å². The summed E-state index contributed by atoms with van der Waals surface area (Å²) in [6.07, 6.45) is 0.872. The second-order valence-corrected chi connectivity index (χ2v) is 4.92. The molecule has 0 radical (unpaired) electrons. The highest BCUT2D eigenvalue weighted by molar-refractivity contribution is 5.80. The van der Waals surface area contributed by atoms with E-state index in [9.17, 15) is 4.79 Å². The summed E-state index contributed by atoms with van der Waals surface area (Å²) in [7, 11) is 0. The molecule has 0 heterocycles. The van der Waals surface area contributed by atoms with Gasteiger partial charge in [0.1, 0.15) is 5.75 Å². The van der Waals surface area contributed by atoms with Crippen LogP contribution in [-0.4, -0.2) is 25.6 Å². The minimum Gasteiger partial charge on any atom is -0.493 e. The largest absolute Gasteiger partial charge is 0.493 e. The van der Waals surface area contributed by atoms with Gasteiger partial charge in [0.2, 0.25) is 5.91 Å². The number of nitrogens with one attached hydrogen (secondary N) is 2. The number of carbonyl (C=O) groups excluding carboxylic acids is 1. The summed E-state index contributed by atoms with van der Waals surface area (Å²) in [5.74, 6) is 0.787. The third-order valence-electron chi connectivity index (χ3n) is 3.16. The monoisotopic (exact) mass is 298 g/mol. The van der Waals surface area contributed by atoms with Gasteiger partial charge in [-0.1, -0.05) is 36.4 Å². The van der Waals surface area contributed by atoms with Crippen LogP contribution >= 0.6 is 0 Å². The number of hydrogen-bond donors (Lipinski definition) is 2. The van der Waals surface area contributed by atoms with Crippen molar-refractivity contribution in [2.24, 2.45) is 0 Å². The predicted molar refractivity (Wildman–Crippen MR) is 89.3 cm³/mol. The molecule has 4 nitrogen and oxygen atoms in total. The van der Waals surface area contributed by atoms with Gasteiger partial charge in [-0.3, -0.25) is 4.79 Å². The summed E-state index contributed by atoms with van der Waals surface area (Å²) >= 11 is 0. The Bertz CT molecular complexity index is 585. The SMILES string of the molecule is CCNC(=O)CNc1cccc(OCCc2ccccc2)c1. The van der Waals surface area contributed by atoms with E-state index in [-0.39, 0.29) is 12.5 Å². The van der Waals surface area contributed by atoms with Crippen LogP contribution in [0, 0.1) is 0 Å². The third kappa shape index (κ3) is 5.48. The molecule has 2 N–H and O–H groups in total. The van der Waals surface area contributed by atoms with Crippen LogP contribution in [-0.2, 0) is 11.2 Å². The molecule has 0 aliphatic carbocycles. The lowest BCUT2D eigenvalue weighted by Gasteiger charge is -2.10. The molecule has 0 aromatic heterocycles. The van der Waals surface area contributed by atoms with E-state index < -0.39 is 0 Å². The highest BCUT2D eigenvalue weighted by Crippen LogP contribution is 2.17. The van der Waals surface area contributed by atoms with Crippen LogP contribution in [0.1, 0.15) is 12.5 Å². The quantitative estimate of drug-likeness (QED) is 0.788. The number of hydrogen-bond acceptors (Lipinski definition) is 3. The molecule has 116 valence electrons. The van der Waals surface area contributed by atoms with Crippen LogP contribution in [0.5, 0.6) is 5.75 Å². The number of rotatable bonds is 8. The van der Waals surface area contributed by atoms with E-state index in [0.29, 0.717) is 13.2 Å². The summed E-state index contributed by atoms with van der Waals surface area (Å²) in [6.45, 7) is 3.44. The summed E-state index contributed by atoms with van der Waals surface area (Å²) in [5.41, 5.74) is 2.14. The van der Waals surface area contributed by atoms with Crippen molar-refractivity contribution >= 4 is 11.6 Å². The fraction of sp³-hybridized carbons (Fsp3) is 0.278. The van der Waals surface area contributed by atoms with E-state index >= 15 is 0 Å². The van der Waals surface area contributed by atoms with Gasteiger partial charge in [0.05, 0.1) is 13.2 Å². The second-order valence-electron chi connectivity index (χ2n) is 4.92. The Morgan fingerprint density at radius 3 is 2.68 bits per heavy atom. The lowest BCUT2D eigenvalue weighted by atomic mass is 10.2. The maximum Gasteiger partial charge on any atom is 0.239 e. The fourth-order valence-electron chi connectivity index (χ4n) is 2.07. The van der Waals surface area contributed by atoms with E-state index in [0.717, 1.165) is 17.9 Å². The van der Waals surface area contributed by atoms with Crippen LogP contribution in [0.25, 0.3) is 0 Å². The molecule has 0 aliphatic rings.